The summed E-state index contributed by atoms with van der Waals surface area (Å²) in [5.41, 5.74) is 1.06. The van der Waals surface area contributed by atoms with Crippen LogP contribution >= 0.6 is 23.2 Å². The summed E-state index contributed by atoms with van der Waals surface area (Å²) in [5.74, 6) is 0.164. The maximum Gasteiger partial charge on any atom is 0.219 e. The molecule has 1 saturated heterocycles. The molecule has 1 amide bonds. The van der Waals surface area contributed by atoms with E-state index in [0.29, 0.717) is 16.1 Å². The third-order valence-electron chi connectivity index (χ3n) is 3.85. The molecule has 3 nitrogen and oxygen atoms in total. The summed E-state index contributed by atoms with van der Waals surface area (Å²) in [7, 11) is 0. The van der Waals surface area contributed by atoms with Gasteiger partial charge in [0.1, 0.15) is 0 Å². The number of carbonyl (C=O) groups is 1. The molecule has 20 heavy (non-hydrogen) atoms. The number of halogens is 2. The Balaban J connectivity index is 1.92. The minimum Gasteiger partial charge on any atom is -0.343 e. The fraction of sp³-hybridized carbons (Fsp3) is 0.533. The molecular weight excluding hydrogens is 295 g/mol. The molecule has 1 N–H and O–H groups in total. The molecular formula is C15H20Cl2N2O. The molecule has 0 saturated carbocycles. The van der Waals surface area contributed by atoms with Crippen LogP contribution in [-0.4, -0.2) is 29.9 Å². The second-order valence-electron chi connectivity index (χ2n) is 5.33. The minimum atomic E-state index is 0.164. The Bertz CT molecular complexity index is 485. The van der Waals surface area contributed by atoms with Crippen molar-refractivity contribution in [2.45, 2.75) is 38.8 Å². The molecule has 1 atom stereocenters. The molecule has 1 aliphatic rings. The van der Waals surface area contributed by atoms with Crippen LogP contribution < -0.4 is 5.32 Å². The van der Waals surface area contributed by atoms with Crippen molar-refractivity contribution in [2.24, 2.45) is 0 Å². The second kappa shape index (κ2) is 6.79. The van der Waals surface area contributed by atoms with E-state index in [1.807, 2.05) is 17.0 Å². The third-order valence-corrected chi connectivity index (χ3v) is 4.42. The van der Waals surface area contributed by atoms with Gasteiger partial charge in [0.05, 0.1) is 0 Å². The van der Waals surface area contributed by atoms with Crippen molar-refractivity contribution in [3.8, 4) is 0 Å². The Hall–Kier alpha value is -0.770. The van der Waals surface area contributed by atoms with Gasteiger partial charge in [-0.05, 0) is 37.5 Å². The Kier molecular flexibility index (Phi) is 5.30. The number of carbonyl (C=O) groups excluding carboxylic acids is 1. The highest BCUT2D eigenvalue weighted by atomic mass is 35.5. The molecule has 0 aromatic heterocycles. The predicted molar refractivity (Wildman–Crippen MR) is 83.3 cm³/mol. The van der Waals surface area contributed by atoms with Crippen LogP contribution in [0, 0.1) is 0 Å². The zero-order chi connectivity index (χ0) is 14.7. The molecule has 0 radical (unpaired) electrons. The zero-order valence-corrected chi connectivity index (χ0v) is 13.3. The lowest BCUT2D eigenvalue weighted by Crippen LogP contribution is -2.44. The standard InChI is InChI=1S/C15H20Cl2N2O/c1-10(14-4-3-12(16)9-15(14)17)18-13-5-7-19(8-6-13)11(2)20/h3-4,9-10,13,18H,5-8H2,1-2H3/t10-/m0/s1. The van der Waals surface area contributed by atoms with Crippen LogP contribution in [0.5, 0.6) is 0 Å². The van der Waals surface area contributed by atoms with E-state index >= 15 is 0 Å². The van der Waals surface area contributed by atoms with Crippen molar-refractivity contribution in [1.82, 2.24) is 10.2 Å². The summed E-state index contributed by atoms with van der Waals surface area (Å²) in [6.45, 7) is 5.39. The van der Waals surface area contributed by atoms with E-state index in [-0.39, 0.29) is 11.9 Å². The first-order valence-electron chi connectivity index (χ1n) is 6.94. The van der Waals surface area contributed by atoms with Gasteiger partial charge in [-0.1, -0.05) is 29.3 Å². The van der Waals surface area contributed by atoms with E-state index in [2.05, 4.69) is 12.2 Å². The van der Waals surface area contributed by atoms with E-state index < -0.39 is 0 Å². The van der Waals surface area contributed by atoms with E-state index in [1.54, 1.807) is 13.0 Å². The van der Waals surface area contributed by atoms with Crippen molar-refractivity contribution in [1.29, 1.82) is 0 Å². The van der Waals surface area contributed by atoms with Gasteiger partial charge in [0, 0.05) is 42.1 Å². The van der Waals surface area contributed by atoms with Crippen molar-refractivity contribution < 1.29 is 4.79 Å². The Morgan fingerprint density at radius 1 is 1.35 bits per heavy atom. The first-order chi connectivity index (χ1) is 9.47. The van der Waals surface area contributed by atoms with Gasteiger partial charge in [-0.3, -0.25) is 4.79 Å². The van der Waals surface area contributed by atoms with Crippen molar-refractivity contribution >= 4 is 29.1 Å². The summed E-state index contributed by atoms with van der Waals surface area (Å²) in [5, 5.41) is 4.94. The molecule has 0 bridgehead atoms. The monoisotopic (exact) mass is 314 g/mol. The van der Waals surface area contributed by atoms with Crippen LogP contribution in [-0.2, 0) is 4.79 Å². The fourth-order valence-corrected chi connectivity index (χ4v) is 3.23. The molecule has 1 aromatic rings. The molecule has 1 heterocycles. The van der Waals surface area contributed by atoms with Gasteiger partial charge in [0.2, 0.25) is 5.91 Å². The molecule has 110 valence electrons. The summed E-state index contributed by atoms with van der Waals surface area (Å²) < 4.78 is 0. The molecule has 1 aromatic carbocycles. The number of likely N-dealkylation sites (tertiary alicyclic amines) is 1. The van der Waals surface area contributed by atoms with Crippen molar-refractivity contribution in [3.05, 3.63) is 33.8 Å². The van der Waals surface area contributed by atoms with Crippen molar-refractivity contribution in [2.75, 3.05) is 13.1 Å². The lowest BCUT2D eigenvalue weighted by molar-refractivity contribution is -0.129. The molecule has 0 unspecified atom stereocenters. The van der Waals surface area contributed by atoms with E-state index in [0.717, 1.165) is 31.5 Å². The second-order valence-corrected chi connectivity index (χ2v) is 6.18. The number of amides is 1. The highest BCUT2D eigenvalue weighted by Crippen LogP contribution is 2.27. The summed E-state index contributed by atoms with van der Waals surface area (Å²) >= 11 is 12.1. The predicted octanol–water partition coefficient (Wildman–Crippen LogP) is 3.65. The van der Waals surface area contributed by atoms with Crippen LogP contribution in [0.25, 0.3) is 0 Å². The van der Waals surface area contributed by atoms with E-state index in [4.69, 9.17) is 23.2 Å². The highest BCUT2D eigenvalue weighted by Gasteiger charge is 2.22. The average molecular weight is 315 g/mol. The van der Waals surface area contributed by atoms with E-state index in [9.17, 15) is 4.79 Å². The summed E-state index contributed by atoms with van der Waals surface area (Å²) in [4.78, 5) is 13.2. The number of nitrogens with one attached hydrogen (secondary N) is 1. The van der Waals surface area contributed by atoms with Crippen molar-refractivity contribution in [3.63, 3.8) is 0 Å². The normalized spacial score (nSPS) is 18.1. The lowest BCUT2D eigenvalue weighted by atomic mass is 10.0. The SMILES string of the molecule is CC(=O)N1CCC(N[C@@H](C)c2ccc(Cl)cc2Cl)CC1. The number of rotatable bonds is 3. The van der Waals surface area contributed by atoms with E-state index in [1.165, 1.54) is 0 Å². The summed E-state index contributed by atoms with van der Waals surface area (Å²) in [6.07, 6.45) is 1.96. The molecule has 0 spiro atoms. The Morgan fingerprint density at radius 2 is 2.00 bits per heavy atom. The maximum absolute atomic E-state index is 11.3. The summed E-state index contributed by atoms with van der Waals surface area (Å²) in [6, 6.07) is 6.20. The largest absolute Gasteiger partial charge is 0.343 e. The van der Waals surface area contributed by atoms with Crippen LogP contribution in [0.3, 0.4) is 0 Å². The average Bonchev–Trinajstić information content (AvgIpc) is 2.39. The molecule has 0 aliphatic carbocycles. The number of hydrogen-bond acceptors (Lipinski definition) is 2. The minimum absolute atomic E-state index is 0.164. The number of benzene rings is 1. The number of hydrogen-bond donors (Lipinski definition) is 1. The molecule has 1 aliphatic heterocycles. The Morgan fingerprint density at radius 3 is 2.55 bits per heavy atom. The van der Waals surface area contributed by atoms with Crippen LogP contribution in [0.15, 0.2) is 18.2 Å². The maximum atomic E-state index is 11.3. The molecule has 5 heteroatoms. The van der Waals surface area contributed by atoms with Gasteiger partial charge in [-0.25, -0.2) is 0 Å². The van der Waals surface area contributed by atoms with Gasteiger partial charge in [-0.15, -0.1) is 0 Å². The van der Waals surface area contributed by atoms with Crippen LogP contribution in [0.2, 0.25) is 10.0 Å². The van der Waals surface area contributed by atoms with Gasteiger partial charge >= 0.3 is 0 Å². The third kappa shape index (κ3) is 3.87. The number of nitrogens with zero attached hydrogens (tertiary/aromatic N) is 1. The first-order valence-corrected chi connectivity index (χ1v) is 7.69. The molecule has 2 rings (SSSR count). The zero-order valence-electron chi connectivity index (χ0n) is 11.8. The molecule has 1 fully saturated rings. The van der Waals surface area contributed by atoms with Gasteiger partial charge in [0.25, 0.3) is 0 Å². The van der Waals surface area contributed by atoms with Crippen LogP contribution in [0.4, 0.5) is 0 Å². The Labute approximate surface area is 130 Å². The quantitative estimate of drug-likeness (QED) is 0.923. The first kappa shape index (κ1) is 15.6. The smallest absolute Gasteiger partial charge is 0.219 e. The topological polar surface area (TPSA) is 32.3 Å². The highest BCUT2D eigenvalue weighted by molar-refractivity contribution is 6.35. The lowest BCUT2D eigenvalue weighted by Gasteiger charge is -2.33. The van der Waals surface area contributed by atoms with Gasteiger partial charge in [0.15, 0.2) is 0 Å². The van der Waals surface area contributed by atoms with Gasteiger partial charge in [-0.2, -0.15) is 0 Å². The number of piperidine rings is 1. The fourth-order valence-electron chi connectivity index (χ4n) is 2.66. The van der Waals surface area contributed by atoms with Gasteiger partial charge < -0.3 is 10.2 Å². The van der Waals surface area contributed by atoms with Crippen LogP contribution in [0.1, 0.15) is 38.3 Å².